The lowest BCUT2D eigenvalue weighted by atomic mass is 10.1. The first-order chi connectivity index (χ1) is 22.5. The predicted molar refractivity (Wildman–Crippen MR) is 190 cm³/mol. The summed E-state index contributed by atoms with van der Waals surface area (Å²) in [5.74, 6) is -1.23. The number of allylic oxidation sites excluding steroid dienone is 2. The molecule has 0 spiro atoms. The van der Waals surface area contributed by atoms with E-state index in [0.29, 0.717) is 0 Å². The van der Waals surface area contributed by atoms with E-state index < -0.39 is 5.97 Å². The van der Waals surface area contributed by atoms with E-state index in [2.05, 4.69) is 130 Å². The molecule has 0 aliphatic heterocycles. The van der Waals surface area contributed by atoms with Crippen LogP contribution in [0.3, 0.4) is 0 Å². The number of aryl methyl sites for hydroxylation is 2. The van der Waals surface area contributed by atoms with Crippen LogP contribution in [0.4, 0.5) is 17.1 Å². The molecule has 2 heterocycles. The third-order valence-corrected chi connectivity index (χ3v) is 8.70. The molecule has 5 aromatic carbocycles. The molecule has 46 heavy (non-hydrogen) atoms. The van der Waals surface area contributed by atoms with Gasteiger partial charge in [0.2, 0.25) is 0 Å². The van der Waals surface area contributed by atoms with Crippen LogP contribution >= 0.6 is 0 Å². The lowest BCUT2D eigenvalue weighted by Crippen LogP contribution is -2.10. The molecule has 0 unspecified atom stereocenters. The largest absolute Gasteiger partial charge is 0.486 e. The van der Waals surface area contributed by atoms with Gasteiger partial charge in [0.25, 0.3) is 5.70 Å². The van der Waals surface area contributed by atoms with Crippen molar-refractivity contribution < 1.29 is 9.90 Å². The van der Waals surface area contributed by atoms with Gasteiger partial charge in [0.15, 0.2) is 0 Å². The van der Waals surface area contributed by atoms with Crippen molar-refractivity contribution in [3.8, 4) is 0 Å². The van der Waals surface area contributed by atoms with Crippen molar-refractivity contribution in [3.63, 3.8) is 0 Å². The Kier molecular flexibility index (Phi) is 7.36. The highest BCUT2D eigenvalue weighted by atomic mass is 16.4. The first-order valence-corrected chi connectivity index (χ1v) is 15.4. The Morgan fingerprint density at radius 1 is 0.696 bits per heavy atom. The summed E-state index contributed by atoms with van der Waals surface area (Å²) in [5, 5.41) is 14.1. The van der Waals surface area contributed by atoms with Crippen molar-refractivity contribution in [3.05, 3.63) is 144 Å². The molecular formula is C40H32N4O2. The van der Waals surface area contributed by atoms with Crippen LogP contribution in [-0.4, -0.2) is 20.2 Å². The van der Waals surface area contributed by atoms with Crippen LogP contribution in [0, 0.1) is 6.57 Å². The van der Waals surface area contributed by atoms with E-state index in [-0.39, 0.29) is 5.70 Å². The minimum Gasteiger partial charge on any atom is -0.486 e. The van der Waals surface area contributed by atoms with E-state index in [1.54, 1.807) is 12.2 Å². The van der Waals surface area contributed by atoms with Crippen molar-refractivity contribution in [2.75, 3.05) is 4.90 Å². The van der Waals surface area contributed by atoms with Crippen molar-refractivity contribution >= 4 is 72.7 Å². The fourth-order valence-corrected chi connectivity index (χ4v) is 6.62. The Balaban J connectivity index is 1.39. The molecule has 0 amide bonds. The Labute approximate surface area is 267 Å². The summed E-state index contributed by atoms with van der Waals surface area (Å²) in [7, 11) is 0. The van der Waals surface area contributed by atoms with E-state index in [1.165, 1.54) is 49.7 Å². The zero-order valence-corrected chi connectivity index (χ0v) is 25.7. The van der Waals surface area contributed by atoms with Crippen LogP contribution in [0.5, 0.6) is 0 Å². The molecule has 224 valence electrons. The Morgan fingerprint density at radius 2 is 1.17 bits per heavy atom. The Hall–Kier alpha value is -6.06. The lowest BCUT2D eigenvalue weighted by molar-refractivity contribution is -0.132. The summed E-state index contributed by atoms with van der Waals surface area (Å²) in [6.07, 6.45) is 4.72. The van der Waals surface area contributed by atoms with Crippen LogP contribution < -0.4 is 4.90 Å². The maximum absolute atomic E-state index is 11.2. The average Bonchev–Trinajstić information content (AvgIpc) is 3.58. The van der Waals surface area contributed by atoms with E-state index in [9.17, 15) is 4.79 Å². The van der Waals surface area contributed by atoms with E-state index in [4.69, 9.17) is 11.7 Å². The monoisotopic (exact) mass is 600 g/mol. The third-order valence-electron chi connectivity index (χ3n) is 8.70. The predicted octanol–water partition coefficient (Wildman–Crippen LogP) is 10.3. The van der Waals surface area contributed by atoms with Gasteiger partial charge in [0, 0.05) is 62.7 Å². The lowest BCUT2D eigenvalue weighted by Gasteiger charge is -2.26. The molecule has 1 N–H and O–H groups in total. The molecule has 0 saturated heterocycles. The summed E-state index contributed by atoms with van der Waals surface area (Å²) in [5.41, 5.74) is 8.52. The minimum absolute atomic E-state index is 0.321. The number of rotatable bonds is 8. The fraction of sp³-hybridized carbons (Fsp3) is 0.100. The number of carboxylic acids is 1. The van der Waals surface area contributed by atoms with Gasteiger partial charge in [-0.25, -0.2) is 4.85 Å². The summed E-state index contributed by atoms with van der Waals surface area (Å²) < 4.78 is 4.75. The number of fused-ring (bicyclic) bond motifs is 6. The first-order valence-electron chi connectivity index (χ1n) is 15.4. The van der Waals surface area contributed by atoms with E-state index in [0.717, 1.165) is 35.7 Å². The number of nitrogens with zero attached hydrogens (tertiary/aromatic N) is 4. The quantitative estimate of drug-likeness (QED) is 0.107. The van der Waals surface area contributed by atoms with Gasteiger partial charge in [-0.2, -0.15) is 0 Å². The second-order valence-electron chi connectivity index (χ2n) is 11.2. The molecule has 6 nitrogen and oxygen atoms in total. The second-order valence-corrected chi connectivity index (χ2v) is 11.2. The SMILES string of the molecule is [C-]#[N+]C(=CC=Cc1ccc(N(c2ccc3c4ccccc4n(CC)c3c2)c2ccc3c4ccccc4n(CC)c3c2)cc1)C(=O)O. The number of aliphatic carboxylic acids is 1. The van der Waals surface area contributed by atoms with Crippen LogP contribution in [0.15, 0.2) is 127 Å². The summed E-state index contributed by atoms with van der Waals surface area (Å²) >= 11 is 0. The average molecular weight is 601 g/mol. The Bertz CT molecular complexity index is 2260. The molecule has 0 fully saturated rings. The summed E-state index contributed by atoms with van der Waals surface area (Å²) in [4.78, 5) is 16.5. The summed E-state index contributed by atoms with van der Waals surface area (Å²) in [6.45, 7) is 13.2. The number of aromatic nitrogens is 2. The Morgan fingerprint density at radius 3 is 1.65 bits per heavy atom. The van der Waals surface area contributed by atoms with Gasteiger partial charge < -0.3 is 19.1 Å². The van der Waals surface area contributed by atoms with Gasteiger partial charge in [-0.05, 0) is 74.0 Å². The number of carbonyl (C=O) groups is 1. The molecule has 7 rings (SSSR count). The van der Waals surface area contributed by atoms with Gasteiger partial charge in [-0.3, -0.25) is 4.79 Å². The van der Waals surface area contributed by atoms with Gasteiger partial charge in [0.05, 0.1) is 17.6 Å². The molecule has 0 radical (unpaired) electrons. The smallest absolute Gasteiger partial charge is 0.333 e. The molecule has 0 aliphatic carbocycles. The maximum atomic E-state index is 11.2. The highest BCUT2D eigenvalue weighted by molar-refractivity contribution is 6.11. The van der Waals surface area contributed by atoms with Crippen LogP contribution in [-0.2, 0) is 17.9 Å². The molecule has 6 heteroatoms. The number of hydrogen-bond donors (Lipinski definition) is 1. The van der Waals surface area contributed by atoms with Crippen molar-refractivity contribution in [1.82, 2.24) is 9.13 Å². The van der Waals surface area contributed by atoms with Crippen LogP contribution in [0.2, 0.25) is 0 Å². The molecule has 0 atom stereocenters. The molecule has 0 saturated carbocycles. The first kappa shape index (κ1) is 28.7. The van der Waals surface area contributed by atoms with Crippen molar-refractivity contribution in [1.29, 1.82) is 0 Å². The van der Waals surface area contributed by atoms with Gasteiger partial charge >= 0.3 is 5.97 Å². The van der Waals surface area contributed by atoms with Gasteiger partial charge in [-0.15, -0.1) is 0 Å². The second kappa shape index (κ2) is 11.8. The zero-order chi connectivity index (χ0) is 31.8. The van der Waals surface area contributed by atoms with Crippen molar-refractivity contribution in [2.45, 2.75) is 26.9 Å². The van der Waals surface area contributed by atoms with Crippen molar-refractivity contribution in [2.24, 2.45) is 0 Å². The molecule has 0 bridgehead atoms. The number of para-hydroxylation sites is 2. The minimum atomic E-state index is -1.23. The fourth-order valence-electron chi connectivity index (χ4n) is 6.62. The maximum Gasteiger partial charge on any atom is 0.333 e. The topological polar surface area (TPSA) is 54.8 Å². The van der Waals surface area contributed by atoms with E-state index >= 15 is 0 Å². The summed E-state index contributed by atoms with van der Waals surface area (Å²) in [6, 6.07) is 38.8. The number of anilines is 3. The highest BCUT2D eigenvalue weighted by Gasteiger charge is 2.18. The zero-order valence-electron chi connectivity index (χ0n) is 25.7. The molecule has 0 aliphatic rings. The normalized spacial score (nSPS) is 12.1. The number of carboxylic acid groups (broad SMARTS) is 1. The van der Waals surface area contributed by atoms with Crippen LogP contribution in [0.25, 0.3) is 54.5 Å². The van der Waals surface area contributed by atoms with E-state index in [1.807, 2.05) is 12.1 Å². The molecule has 2 aromatic heterocycles. The number of benzene rings is 5. The third kappa shape index (κ3) is 4.79. The highest BCUT2D eigenvalue weighted by Crippen LogP contribution is 2.41. The molecular weight excluding hydrogens is 568 g/mol. The van der Waals surface area contributed by atoms with Gasteiger partial charge in [0.1, 0.15) is 0 Å². The van der Waals surface area contributed by atoms with Crippen LogP contribution in [0.1, 0.15) is 19.4 Å². The van der Waals surface area contributed by atoms with Gasteiger partial charge in [-0.1, -0.05) is 72.8 Å². The molecule has 7 aromatic rings. The number of hydrogen-bond acceptors (Lipinski definition) is 2. The standard InChI is InChI=1S/C40H32N4O2/c1-4-42-36-15-8-6-12-31(36)33-23-21-29(25-38(33)42)44(28-19-17-27(18-20-28)11-10-14-35(41-3)40(45)46)30-22-24-34-32-13-7-9-16-37(32)43(5-2)39(34)26-30/h6-26H,4-5H2,1-2H3,(H,45,46).